The van der Waals surface area contributed by atoms with E-state index in [-0.39, 0.29) is 11.3 Å². The largest absolute Gasteiger partial charge is 0.496 e. The maximum absolute atomic E-state index is 12.7. The Balaban J connectivity index is 1.81. The molecule has 3 aromatic rings. The minimum Gasteiger partial charge on any atom is -0.496 e. The van der Waals surface area contributed by atoms with Crippen molar-refractivity contribution in [1.82, 2.24) is 0 Å². The van der Waals surface area contributed by atoms with Crippen LogP contribution in [0.1, 0.15) is 42.3 Å². The first-order chi connectivity index (χ1) is 14.3. The fourth-order valence-electron chi connectivity index (χ4n) is 3.17. The van der Waals surface area contributed by atoms with E-state index in [1.54, 1.807) is 19.2 Å². The minimum absolute atomic E-state index is 0.0353. The molecule has 0 spiro atoms. The molecule has 1 N–H and O–H groups in total. The zero-order valence-corrected chi connectivity index (χ0v) is 19.2. The molecule has 0 atom stereocenters. The molecule has 0 bridgehead atoms. The van der Waals surface area contributed by atoms with Gasteiger partial charge in [-0.05, 0) is 53.4 Å². The molecule has 4 nitrogen and oxygen atoms in total. The Kier molecular flexibility index (Phi) is 6.83. The third-order valence-corrected chi connectivity index (χ3v) is 5.20. The van der Waals surface area contributed by atoms with Gasteiger partial charge >= 0.3 is 0 Å². The Morgan fingerprint density at radius 1 is 0.967 bits per heavy atom. The molecule has 5 heteroatoms. The lowest BCUT2D eigenvalue weighted by Crippen LogP contribution is -2.14. The summed E-state index contributed by atoms with van der Waals surface area (Å²) < 4.78 is 12.5. The molecule has 3 aromatic carbocycles. The number of amides is 1. The molecule has 0 fully saturated rings. The highest BCUT2D eigenvalue weighted by molar-refractivity contribution is 9.10. The van der Waals surface area contributed by atoms with Gasteiger partial charge in [-0.25, -0.2) is 0 Å². The monoisotopic (exact) mass is 467 g/mol. The molecule has 0 heterocycles. The quantitative estimate of drug-likeness (QED) is 0.444. The fourth-order valence-corrected chi connectivity index (χ4v) is 3.57. The topological polar surface area (TPSA) is 47.6 Å². The Morgan fingerprint density at radius 2 is 1.73 bits per heavy atom. The number of anilines is 1. The Labute approximate surface area is 186 Å². The lowest BCUT2D eigenvalue weighted by Gasteiger charge is -2.23. The standard InChI is InChI=1S/C25H26BrNO3/c1-25(2,3)21-10-5-6-11-23(21)30-16-18-14-17(12-13-22(18)29-4)24(28)27-20-9-7-8-19(26)15-20/h5-15H,16H2,1-4H3,(H,27,28). The van der Waals surface area contributed by atoms with Crippen LogP contribution in [-0.4, -0.2) is 13.0 Å². The van der Waals surface area contributed by atoms with Gasteiger partial charge in [0.1, 0.15) is 18.1 Å². The summed E-state index contributed by atoms with van der Waals surface area (Å²) in [7, 11) is 1.61. The Bertz CT molecular complexity index is 1040. The lowest BCUT2D eigenvalue weighted by atomic mass is 9.86. The first-order valence-corrected chi connectivity index (χ1v) is 10.5. The molecule has 0 saturated carbocycles. The van der Waals surface area contributed by atoms with Crippen LogP contribution in [0.2, 0.25) is 0 Å². The predicted octanol–water partition coefficient (Wildman–Crippen LogP) is 6.59. The molecule has 0 unspecified atom stereocenters. The van der Waals surface area contributed by atoms with Gasteiger partial charge in [0.15, 0.2) is 0 Å². The third-order valence-electron chi connectivity index (χ3n) is 4.70. The number of rotatable bonds is 6. The molecule has 3 rings (SSSR count). The SMILES string of the molecule is COc1ccc(C(=O)Nc2cccc(Br)c2)cc1COc1ccccc1C(C)(C)C. The molecule has 0 aliphatic heterocycles. The highest BCUT2D eigenvalue weighted by Crippen LogP contribution is 2.32. The van der Waals surface area contributed by atoms with Crippen LogP contribution in [0.15, 0.2) is 71.2 Å². The summed E-state index contributed by atoms with van der Waals surface area (Å²) in [6, 6.07) is 20.9. The van der Waals surface area contributed by atoms with Crippen LogP contribution >= 0.6 is 15.9 Å². The molecule has 0 saturated heterocycles. The molecule has 0 aliphatic rings. The van der Waals surface area contributed by atoms with Gasteiger partial charge in [-0.3, -0.25) is 4.79 Å². The van der Waals surface area contributed by atoms with Gasteiger partial charge in [-0.1, -0.05) is 61.0 Å². The van der Waals surface area contributed by atoms with Crippen molar-refractivity contribution in [3.63, 3.8) is 0 Å². The summed E-state index contributed by atoms with van der Waals surface area (Å²) in [4.78, 5) is 12.7. The number of benzene rings is 3. The number of carbonyl (C=O) groups excluding carboxylic acids is 1. The normalized spacial score (nSPS) is 11.1. The van der Waals surface area contributed by atoms with Gasteiger partial charge in [0.2, 0.25) is 0 Å². The van der Waals surface area contributed by atoms with Crippen molar-refractivity contribution >= 4 is 27.5 Å². The summed E-state index contributed by atoms with van der Waals surface area (Å²) in [5, 5.41) is 2.92. The van der Waals surface area contributed by atoms with Crippen LogP contribution < -0.4 is 14.8 Å². The van der Waals surface area contributed by atoms with Gasteiger partial charge < -0.3 is 14.8 Å². The summed E-state index contributed by atoms with van der Waals surface area (Å²) in [5.41, 5.74) is 3.17. The molecule has 1 amide bonds. The van der Waals surface area contributed by atoms with Crippen LogP contribution in [0.4, 0.5) is 5.69 Å². The van der Waals surface area contributed by atoms with Crippen molar-refractivity contribution in [2.75, 3.05) is 12.4 Å². The zero-order valence-electron chi connectivity index (χ0n) is 17.7. The van der Waals surface area contributed by atoms with E-state index in [0.717, 1.165) is 27.0 Å². The highest BCUT2D eigenvalue weighted by Gasteiger charge is 2.19. The van der Waals surface area contributed by atoms with Gasteiger partial charge in [-0.15, -0.1) is 0 Å². The second-order valence-corrected chi connectivity index (χ2v) is 8.94. The molecule has 0 aliphatic carbocycles. The average Bonchev–Trinajstić information content (AvgIpc) is 2.71. The van der Waals surface area contributed by atoms with E-state index in [4.69, 9.17) is 9.47 Å². The fraction of sp³-hybridized carbons (Fsp3) is 0.240. The van der Waals surface area contributed by atoms with E-state index >= 15 is 0 Å². The molecule has 156 valence electrons. The van der Waals surface area contributed by atoms with Crippen molar-refractivity contribution in [2.24, 2.45) is 0 Å². The van der Waals surface area contributed by atoms with E-state index in [2.05, 4.69) is 48.1 Å². The van der Waals surface area contributed by atoms with Gasteiger partial charge in [0.05, 0.1) is 7.11 Å². The van der Waals surface area contributed by atoms with E-state index in [0.29, 0.717) is 17.9 Å². The van der Waals surface area contributed by atoms with Crippen LogP contribution in [0.25, 0.3) is 0 Å². The van der Waals surface area contributed by atoms with Gasteiger partial charge in [-0.2, -0.15) is 0 Å². The number of carbonyl (C=O) groups is 1. The molecule has 0 aromatic heterocycles. The van der Waals surface area contributed by atoms with Crippen molar-refractivity contribution in [3.8, 4) is 11.5 Å². The highest BCUT2D eigenvalue weighted by atomic mass is 79.9. The smallest absolute Gasteiger partial charge is 0.255 e. The van der Waals surface area contributed by atoms with Gasteiger partial charge in [0.25, 0.3) is 5.91 Å². The van der Waals surface area contributed by atoms with Crippen molar-refractivity contribution < 1.29 is 14.3 Å². The second-order valence-electron chi connectivity index (χ2n) is 8.03. The average molecular weight is 468 g/mol. The van der Waals surface area contributed by atoms with E-state index in [1.807, 2.05) is 48.5 Å². The first kappa shape index (κ1) is 21.9. The number of nitrogens with one attached hydrogen (secondary N) is 1. The summed E-state index contributed by atoms with van der Waals surface area (Å²) >= 11 is 3.42. The summed E-state index contributed by atoms with van der Waals surface area (Å²) in [6.45, 7) is 6.77. The number of para-hydroxylation sites is 1. The predicted molar refractivity (Wildman–Crippen MR) is 125 cm³/mol. The third kappa shape index (κ3) is 5.42. The minimum atomic E-state index is -0.188. The van der Waals surface area contributed by atoms with Crippen LogP contribution in [0.3, 0.4) is 0 Å². The zero-order chi connectivity index (χ0) is 21.7. The maximum Gasteiger partial charge on any atom is 0.255 e. The molecular weight excluding hydrogens is 442 g/mol. The number of hydrogen-bond acceptors (Lipinski definition) is 3. The van der Waals surface area contributed by atoms with Crippen LogP contribution in [0, 0.1) is 0 Å². The second kappa shape index (κ2) is 9.35. The Hall–Kier alpha value is -2.79. The van der Waals surface area contributed by atoms with Crippen LogP contribution in [0.5, 0.6) is 11.5 Å². The van der Waals surface area contributed by atoms with Crippen LogP contribution in [-0.2, 0) is 12.0 Å². The number of hydrogen-bond donors (Lipinski definition) is 1. The number of methoxy groups -OCH3 is 1. The van der Waals surface area contributed by atoms with E-state index < -0.39 is 0 Å². The Morgan fingerprint density at radius 3 is 2.43 bits per heavy atom. The number of ether oxygens (including phenoxy) is 2. The van der Waals surface area contributed by atoms with Gasteiger partial charge in [0, 0.05) is 21.3 Å². The molecule has 30 heavy (non-hydrogen) atoms. The lowest BCUT2D eigenvalue weighted by molar-refractivity contribution is 0.102. The summed E-state index contributed by atoms with van der Waals surface area (Å²) in [5.74, 6) is 1.32. The molecular formula is C25H26BrNO3. The van der Waals surface area contributed by atoms with E-state index in [9.17, 15) is 4.79 Å². The van der Waals surface area contributed by atoms with Crippen molar-refractivity contribution in [1.29, 1.82) is 0 Å². The van der Waals surface area contributed by atoms with Crippen molar-refractivity contribution in [3.05, 3.63) is 87.9 Å². The first-order valence-electron chi connectivity index (χ1n) is 9.74. The molecule has 0 radical (unpaired) electrons. The maximum atomic E-state index is 12.7. The summed E-state index contributed by atoms with van der Waals surface area (Å²) in [6.07, 6.45) is 0. The number of halogens is 1. The van der Waals surface area contributed by atoms with E-state index in [1.165, 1.54) is 0 Å². The van der Waals surface area contributed by atoms with Crippen molar-refractivity contribution in [2.45, 2.75) is 32.8 Å².